The van der Waals surface area contributed by atoms with Gasteiger partial charge in [-0.15, -0.1) is 6.58 Å². The molecule has 0 aliphatic heterocycles. The van der Waals surface area contributed by atoms with Gasteiger partial charge in [0.05, 0.1) is 21.5 Å². The van der Waals surface area contributed by atoms with Crippen molar-refractivity contribution in [3.8, 4) is 11.3 Å². The normalized spacial score (nSPS) is 11.6. The van der Waals surface area contributed by atoms with Crippen LogP contribution in [0.15, 0.2) is 84.4 Å². The van der Waals surface area contributed by atoms with Crippen LogP contribution in [-0.4, -0.2) is 20.9 Å². The van der Waals surface area contributed by atoms with E-state index in [-0.39, 0.29) is 5.91 Å². The maximum absolute atomic E-state index is 12.5. The molecule has 1 N–H and O–H groups in total. The first kappa shape index (κ1) is 19.0. The Hall–Kier alpha value is -2.76. The lowest BCUT2D eigenvalue weighted by Gasteiger charge is -2.09. The molecule has 1 amide bonds. The largest absolute Gasteiger partial charge is 0.322 e. The number of carbonyl (C=O) groups excluding carboxylic acids is 1. The summed E-state index contributed by atoms with van der Waals surface area (Å²) in [6.07, 6.45) is 3.30. The molecule has 0 bridgehead atoms. The van der Waals surface area contributed by atoms with Crippen LogP contribution in [0.4, 0.5) is 5.69 Å². The number of aromatic nitrogens is 1. The van der Waals surface area contributed by atoms with Crippen molar-refractivity contribution in [2.45, 2.75) is 4.90 Å². The molecule has 1 heterocycles. The summed E-state index contributed by atoms with van der Waals surface area (Å²) in [5.41, 5.74) is 2.56. The van der Waals surface area contributed by atoms with E-state index in [4.69, 9.17) is 11.6 Å². The molecule has 0 fully saturated rings. The monoisotopic (exact) mass is 396 g/mol. The van der Waals surface area contributed by atoms with Crippen molar-refractivity contribution in [2.24, 2.45) is 0 Å². The van der Waals surface area contributed by atoms with Gasteiger partial charge in [-0.05, 0) is 54.6 Å². The lowest BCUT2D eigenvalue weighted by Crippen LogP contribution is -2.12. The molecule has 3 aromatic rings. The number of nitrogens with one attached hydrogen (secondary N) is 1. The second-order valence-corrected chi connectivity index (χ2v) is 7.59. The van der Waals surface area contributed by atoms with Crippen LogP contribution in [0.2, 0.25) is 5.02 Å². The number of halogens is 1. The summed E-state index contributed by atoms with van der Waals surface area (Å²) in [6.45, 7) is 3.58. The van der Waals surface area contributed by atoms with Crippen molar-refractivity contribution in [1.29, 1.82) is 0 Å². The van der Waals surface area contributed by atoms with Crippen LogP contribution in [0.1, 0.15) is 10.4 Å². The molecule has 6 heteroatoms. The molecular formula is C21H17ClN2O2S. The van der Waals surface area contributed by atoms with Gasteiger partial charge in [-0.3, -0.25) is 14.0 Å². The maximum Gasteiger partial charge on any atom is 0.255 e. The standard InChI is InChI=1S/C21H17ClN2O2S/c1-2-13-27(26)17-9-6-15(7-10-17)21(25)24-16-8-11-19(22)18(14-16)20-5-3-4-12-23-20/h2-12,14H,1,13H2,(H,24,25). The number of hydrogen-bond acceptors (Lipinski definition) is 3. The molecule has 136 valence electrons. The molecule has 0 saturated carbocycles. The number of anilines is 1. The smallest absolute Gasteiger partial charge is 0.255 e. The summed E-state index contributed by atoms with van der Waals surface area (Å²) in [6, 6.07) is 17.5. The van der Waals surface area contributed by atoms with E-state index in [2.05, 4.69) is 16.9 Å². The minimum absolute atomic E-state index is 0.259. The predicted molar refractivity (Wildman–Crippen MR) is 111 cm³/mol. The molecule has 2 aromatic carbocycles. The molecule has 1 aromatic heterocycles. The number of amides is 1. The molecule has 4 nitrogen and oxygen atoms in total. The maximum atomic E-state index is 12.5. The van der Waals surface area contributed by atoms with Crippen LogP contribution < -0.4 is 5.32 Å². The third-order valence-corrected chi connectivity index (χ3v) is 5.48. The number of nitrogens with zero attached hydrogens (tertiary/aromatic N) is 1. The van der Waals surface area contributed by atoms with E-state index in [9.17, 15) is 9.00 Å². The van der Waals surface area contributed by atoms with Crippen LogP contribution in [0.5, 0.6) is 0 Å². The van der Waals surface area contributed by atoms with Gasteiger partial charge in [-0.2, -0.15) is 0 Å². The second-order valence-electron chi connectivity index (χ2n) is 5.69. The van der Waals surface area contributed by atoms with Gasteiger partial charge in [0.25, 0.3) is 5.91 Å². The summed E-state index contributed by atoms with van der Waals surface area (Å²) in [7, 11) is -1.14. The van der Waals surface area contributed by atoms with E-state index in [0.717, 1.165) is 11.3 Å². The first-order chi connectivity index (χ1) is 13.1. The molecule has 0 saturated heterocycles. The SMILES string of the molecule is C=CCS(=O)c1ccc(C(=O)Nc2ccc(Cl)c(-c3ccccn3)c2)cc1. The molecule has 0 spiro atoms. The van der Waals surface area contributed by atoms with Crippen LogP contribution in [0, 0.1) is 0 Å². The van der Waals surface area contributed by atoms with Crippen molar-refractivity contribution in [3.05, 3.63) is 90.1 Å². The number of carbonyl (C=O) groups is 1. The fourth-order valence-electron chi connectivity index (χ4n) is 2.49. The number of rotatable bonds is 6. The average Bonchev–Trinajstić information content (AvgIpc) is 2.70. The summed E-state index contributed by atoms with van der Waals surface area (Å²) in [5.74, 6) is 0.123. The Bertz CT molecular complexity index is 989. The first-order valence-corrected chi connectivity index (χ1v) is 9.90. The minimum atomic E-state index is -1.14. The van der Waals surface area contributed by atoms with Gasteiger partial charge in [0.2, 0.25) is 0 Å². The fourth-order valence-corrected chi connectivity index (χ4v) is 3.55. The van der Waals surface area contributed by atoms with E-state index in [0.29, 0.717) is 26.9 Å². The van der Waals surface area contributed by atoms with E-state index >= 15 is 0 Å². The van der Waals surface area contributed by atoms with Gasteiger partial charge in [-0.1, -0.05) is 23.7 Å². The Balaban J connectivity index is 1.78. The van der Waals surface area contributed by atoms with E-state index < -0.39 is 10.8 Å². The third kappa shape index (κ3) is 4.70. The van der Waals surface area contributed by atoms with E-state index in [1.807, 2.05) is 18.2 Å². The summed E-state index contributed by atoms with van der Waals surface area (Å²) >= 11 is 6.27. The molecule has 0 aliphatic rings. The van der Waals surface area contributed by atoms with Crippen molar-refractivity contribution in [3.63, 3.8) is 0 Å². The average molecular weight is 397 g/mol. The van der Waals surface area contributed by atoms with Crippen LogP contribution in [0.25, 0.3) is 11.3 Å². The molecule has 0 aliphatic carbocycles. The van der Waals surface area contributed by atoms with Gasteiger partial charge in [0, 0.05) is 33.7 Å². The molecular weight excluding hydrogens is 380 g/mol. The fraction of sp³-hybridized carbons (Fsp3) is 0.0476. The lowest BCUT2D eigenvalue weighted by atomic mass is 10.1. The van der Waals surface area contributed by atoms with Gasteiger partial charge in [0.1, 0.15) is 0 Å². The number of benzene rings is 2. The highest BCUT2D eigenvalue weighted by Gasteiger charge is 2.11. The van der Waals surface area contributed by atoms with Gasteiger partial charge in [0.15, 0.2) is 0 Å². The Labute approximate surface area is 165 Å². The molecule has 3 rings (SSSR count). The van der Waals surface area contributed by atoms with Crippen LogP contribution >= 0.6 is 11.6 Å². The van der Waals surface area contributed by atoms with Crippen molar-refractivity contribution >= 4 is 34.0 Å². The molecule has 1 unspecified atom stereocenters. The zero-order chi connectivity index (χ0) is 19.2. The topological polar surface area (TPSA) is 59.1 Å². The highest BCUT2D eigenvalue weighted by molar-refractivity contribution is 7.85. The summed E-state index contributed by atoms with van der Waals surface area (Å²) in [4.78, 5) is 17.5. The van der Waals surface area contributed by atoms with Crippen molar-refractivity contribution in [1.82, 2.24) is 4.98 Å². The Kier molecular flexibility index (Phi) is 6.16. The summed E-state index contributed by atoms with van der Waals surface area (Å²) < 4.78 is 11.9. The molecule has 1 atom stereocenters. The highest BCUT2D eigenvalue weighted by Crippen LogP contribution is 2.29. The van der Waals surface area contributed by atoms with Crippen LogP contribution in [0.3, 0.4) is 0 Å². The zero-order valence-corrected chi connectivity index (χ0v) is 16.0. The third-order valence-electron chi connectivity index (χ3n) is 3.81. The van der Waals surface area contributed by atoms with Crippen molar-refractivity contribution in [2.75, 3.05) is 11.1 Å². The molecule has 27 heavy (non-hydrogen) atoms. The van der Waals surface area contributed by atoms with Gasteiger partial charge >= 0.3 is 0 Å². The first-order valence-electron chi connectivity index (χ1n) is 8.20. The van der Waals surface area contributed by atoms with Crippen molar-refractivity contribution < 1.29 is 9.00 Å². The summed E-state index contributed by atoms with van der Waals surface area (Å²) in [5, 5.41) is 3.41. The Morgan fingerprint density at radius 1 is 1.15 bits per heavy atom. The van der Waals surface area contributed by atoms with E-state index in [1.54, 1.807) is 54.7 Å². The lowest BCUT2D eigenvalue weighted by molar-refractivity contribution is 0.102. The zero-order valence-electron chi connectivity index (χ0n) is 14.4. The number of pyridine rings is 1. The second kappa shape index (κ2) is 8.75. The minimum Gasteiger partial charge on any atom is -0.322 e. The number of hydrogen-bond donors (Lipinski definition) is 1. The highest BCUT2D eigenvalue weighted by atomic mass is 35.5. The van der Waals surface area contributed by atoms with Gasteiger partial charge < -0.3 is 5.32 Å². The quantitative estimate of drug-likeness (QED) is 0.600. The molecule has 0 radical (unpaired) electrons. The predicted octanol–water partition coefficient (Wildman–Crippen LogP) is 4.95. The Morgan fingerprint density at radius 3 is 2.59 bits per heavy atom. The van der Waals surface area contributed by atoms with Gasteiger partial charge in [-0.25, -0.2) is 0 Å². The Morgan fingerprint density at radius 2 is 1.93 bits per heavy atom. The van der Waals surface area contributed by atoms with E-state index in [1.165, 1.54) is 0 Å². The van der Waals surface area contributed by atoms with Crippen LogP contribution in [-0.2, 0) is 10.8 Å².